The van der Waals surface area contributed by atoms with Crippen molar-refractivity contribution in [2.75, 3.05) is 34.4 Å². The van der Waals surface area contributed by atoms with E-state index in [0.29, 0.717) is 12.4 Å². The van der Waals surface area contributed by atoms with Crippen LogP contribution in [-0.2, 0) is 16.4 Å². The fraction of sp³-hybridized carbons (Fsp3) is 0.500. The Balaban J connectivity index is 1.88. The van der Waals surface area contributed by atoms with Crippen LogP contribution < -0.4 is 9.80 Å². The lowest BCUT2D eigenvalue weighted by Gasteiger charge is -2.29. The number of hydrogen-bond acceptors (Lipinski definition) is 6. The molecule has 1 fully saturated rings. The van der Waals surface area contributed by atoms with Crippen LogP contribution in [0.25, 0.3) is 0 Å². The van der Waals surface area contributed by atoms with Crippen molar-refractivity contribution < 1.29 is 8.42 Å². The Kier molecular flexibility index (Phi) is 5.99. The Morgan fingerprint density at radius 3 is 2.44 bits per heavy atom. The van der Waals surface area contributed by atoms with E-state index in [1.54, 1.807) is 0 Å². The Labute approximate surface area is 162 Å². The number of hydrogen-bond donors (Lipinski definition) is 0. The third-order valence-electron chi connectivity index (χ3n) is 4.99. The highest BCUT2D eigenvalue weighted by Gasteiger charge is 2.32. The molecule has 1 atom stereocenters. The first kappa shape index (κ1) is 19.6. The van der Waals surface area contributed by atoms with Crippen molar-refractivity contribution in [3.8, 4) is 0 Å². The monoisotopic (exact) mass is 388 g/mol. The zero-order valence-electron chi connectivity index (χ0n) is 16.3. The summed E-state index contributed by atoms with van der Waals surface area (Å²) in [5.41, 5.74) is 2.10. The van der Waals surface area contributed by atoms with Crippen LogP contribution >= 0.6 is 0 Å². The molecule has 146 valence electrons. The van der Waals surface area contributed by atoms with Crippen molar-refractivity contribution >= 4 is 21.6 Å². The zero-order chi connectivity index (χ0) is 19.4. The van der Waals surface area contributed by atoms with Gasteiger partial charge in [-0.3, -0.25) is 0 Å². The van der Waals surface area contributed by atoms with E-state index in [-0.39, 0.29) is 17.5 Å². The number of aromatic nitrogens is 2. The summed E-state index contributed by atoms with van der Waals surface area (Å²) in [7, 11) is -2.94. The Hall–Kier alpha value is -2.15. The third kappa shape index (κ3) is 4.77. The Morgan fingerprint density at radius 2 is 1.85 bits per heavy atom. The number of nitrogens with zero attached hydrogens (tertiary/aromatic N) is 4. The van der Waals surface area contributed by atoms with Crippen LogP contribution in [0.3, 0.4) is 0 Å². The van der Waals surface area contributed by atoms with Gasteiger partial charge in [0.1, 0.15) is 5.82 Å². The molecule has 1 aromatic carbocycles. The molecule has 3 rings (SSSR count). The summed E-state index contributed by atoms with van der Waals surface area (Å²) in [4.78, 5) is 13.7. The molecule has 1 saturated heterocycles. The van der Waals surface area contributed by atoms with Crippen LogP contribution in [0.1, 0.15) is 31.5 Å². The van der Waals surface area contributed by atoms with Gasteiger partial charge in [0, 0.05) is 37.4 Å². The molecule has 6 nitrogen and oxygen atoms in total. The average molecular weight is 389 g/mol. The van der Waals surface area contributed by atoms with E-state index < -0.39 is 9.84 Å². The van der Waals surface area contributed by atoms with E-state index in [0.717, 1.165) is 31.1 Å². The first-order chi connectivity index (χ1) is 12.9. The van der Waals surface area contributed by atoms with Gasteiger partial charge in [-0.05, 0) is 32.8 Å². The Bertz CT molecular complexity index is 871. The molecule has 1 aliphatic heterocycles. The molecule has 0 aliphatic carbocycles. The molecule has 0 amide bonds. The second-order valence-corrected chi connectivity index (χ2v) is 9.24. The molecular formula is C20H28N4O2S. The maximum atomic E-state index is 11.9. The van der Waals surface area contributed by atoms with Gasteiger partial charge < -0.3 is 9.80 Å². The van der Waals surface area contributed by atoms with E-state index in [2.05, 4.69) is 33.8 Å². The Morgan fingerprint density at radius 1 is 1.11 bits per heavy atom. The van der Waals surface area contributed by atoms with Gasteiger partial charge in [-0.15, -0.1) is 0 Å². The van der Waals surface area contributed by atoms with Crippen LogP contribution in [0.2, 0.25) is 0 Å². The molecule has 0 N–H and O–H groups in total. The van der Waals surface area contributed by atoms with E-state index >= 15 is 0 Å². The summed E-state index contributed by atoms with van der Waals surface area (Å²) in [6, 6.07) is 12.2. The van der Waals surface area contributed by atoms with Gasteiger partial charge in [-0.1, -0.05) is 30.3 Å². The molecule has 2 heterocycles. The highest BCUT2D eigenvalue weighted by atomic mass is 32.2. The highest BCUT2D eigenvalue weighted by molar-refractivity contribution is 7.91. The summed E-state index contributed by atoms with van der Waals surface area (Å²) in [5.74, 6) is 1.98. The second-order valence-electron chi connectivity index (χ2n) is 7.01. The van der Waals surface area contributed by atoms with E-state index in [4.69, 9.17) is 4.98 Å². The fourth-order valence-electron chi connectivity index (χ4n) is 3.58. The van der Waals surface area contributed by atoms with Gasteiger partial charge in [-0.2, -0.15) is 4.98 Å². The van der Waals surface area contributed by atoms with Gasteiger partial charge in [0.2, 0.25) is 5.95 Å². The second kappa shape index (κ2) is 8.25. The largest absolute Gasteiger partial charge is 0.353 e. The normalized spacial score (nSPS) is 18.4. The maximum Gasteiger partial charge on any atom is 0.227 e. The topological polar surface area (TPSA) is 66.4 Å². The minimum absolute atomic E-state index is 0.00801. The lowest BCUT2D eigenvalue weighted by atomic mass is 10.2. The van der Waals surface area contributed by atoms with E-state index in [1.165, 1.54) is 5.56 Å². The number of aryl methyl sites for hydroxylation is 1. The highest BCUT2D eigenvalue weighted by Crippen LogP contribution is 2.25. The summed E-state index contributed by atoms with van der Waals surface area (Å²) < 4.78 is 23.8. The van der Waals surface area contributed by atoms with Crippen molar-refractivity contribution in [1.29, 1.82) is 0 Å². The molecule has 2 aromatic rings. The lowest BCUT2D eigenvalue weighted by molar-refractivity contribution is 0.599. The summed E-state index contributed by atoms with van der Waals surface area (Å²) in [6.45, 7) is 8.36. The van der Waals surface area contributed by atoms with Gasteiger partial charge in [-0.25, -0.2) is 13.4 Å². The molecule has 0 radical (unpaired) electrons. The number of rotatable bonds is 7. The van der Waals surface area contributed by atoms with Crippen LogP contribution in [0.4, 0.5) is 11.8 Å². The average Bonchev–Trinajstić information content (AvgIpc) is 3.00. The van der Waals surface area contributed by atoms with E-state index in [1.807, 2.05) is 38.1 Å². The molecule has 7 heteroatoms. The van der Waals surface area contributed by atoms with Crippen LogP contribution in [-0.4, -0.2) is 49.0 Å². The standard InChI is InChI=1S/C20H28N4O2S/c1-4-23(14-17-9-7-6-8-10-17)20-21-16(3)13-19(22-20)24(5-2)18-11-12-27(25,26)15-18/h6-10,13,18H,4-5,11-12,14-15H2,1-3H3. The van der Waals surface area contributed by atoms with Gasteiger partial charge in [0.05, 0.1) is 11.5 Å². The van der Waals surface area contributed by atoms with Gasteiger partial charge >= 0.3 is 0 Å². The van der Waals surface area contributed by atoms with E-state index in [9.17, 15) is 8.42 Å². The van der Waals surface area contributed by atoms with Crippen LogP contribution in [0, 0.1) is 6.92 Å². The minimum atomic E-state index is -2.94. The number of anilines is 2. The SMILES string of the molecule is CCN(Cc1ccccc1)c1nc(C)cc(N(CC)C2CCS(=O)(=O)C2)n1. The summed E-state index contributed by atoms with van der Waals surface area (Å²) >= 11 is 0. The third-order valence-corrected chi connectivity index (χ3v) is 6.74. The molecule has 1 unspecified atom stereocenters. The predicted octanol–water partition coefficient (Wildman–Crippen LogP) is 2.82. The van der Waals surface area contributed by atoms with Crippen molar-refractivity contribution in [1.82, 2.24) is 9.97 Å². The fourth-order valence-corrected chi connectivity index (χ4v) is 5.31. The maximum absolute atomic E-state index is 11.9. The number of sulfone groups is 1. The molecular weight excluding hydrogens is 360 g/mol. The zero-order valence-corrected chi connectivity index (χ0v) is 17.1. The molecule has 1 aliphatic rings. The van der Waals surface area contributed by atoms with Crippen LogP contribution in [0.5, 0.6) is 0 Å². The van der Waals surface area contributed by atoms with Crippen molar-refractivity contribution in [2.45, 2.75) is 39.8 Å². The van der Waals surface area contributed by atoms with Crippen LogP contribution in [0.15, 0.2) is 36.4 Å². The smallest absolute Gasteiger partial charge is 0.227 e. The number of benzene rings is 1. The summed E-state index contributed by atoms with van der Waals surface area (Å²) in [5, 5.41) is 0. The lowest BCUT2D eigenvalue weighted by Crippen LogP contribution is -2.37. The molecule has 27 heavy (non-hydrogen) atoms. The molecule has 0 bridgehead atoms. The van der Waals surface area contributed by atoms with Crippen molar-refractivity contribution in [3.05, 3.63) is 47.7 Å². The van der Waals surface area contributed by atoms with Crippen molar-refractivity contribution in [2.24, 2.45) is 0 Å². The summed E-state index contributed by atoms with van der Waals surface area (Å²) in [6.07, 6.45) is 0.663. The first-order valence-corrected chi connectivity index (χ1v) is 11.4. The predicted molar refractivity (Wildman–Crippen MR) is 110 cm³/mol. The van der Waals surface area contributed by atoms with Crippen molar-refractivity contribution in [3.63, 3.8) is 0 Å². The minimum Gasteiger partial charge on any atom is -0.353 e. The first-order valence-electron chi connectivity index (χ1n) is 9.53. The molecule has 0 spiro atoms. The quantitative estimate of drug-likeness (QED) is 0.727. The molecule has 0 saturated carbocycles. The van der Waals surface area contributed by atoms with Gasteiger partial charge in [0.15, 0.2) is 9.84 Å². The molecule has 1 aromatic heterocycles. The van der Waals surface area contributed by atoms with Gasteiger partial charge in [0.25, 0.3) is 0 Å².